The molecular weight excluding hydrogens is 583 g/mol. The molecule has 43 heavy (non-hydrogen) atoms. The Morgan fingerprint density at radius 3 is 2.42 bits per heavy atom. The predicted octanol–water partition coefficient (Wildman–Crippen LogP) is 5.36. The lowest BCUT2D eigenvalue weighted by atomic mass is 9.87. The van der Waals surface area contributed by atoms with Gasteiger partial charge < -0.3 is 28.6 Å². The lowest BCUT2D eigenvalue weighted by molar-refractivity contribution is -0.151. The van der Waals surface area contributed by atoms with Gasteiger partial charge in [0.1, 0.15) is 37.3 Å². The largest absolute Gasteiger partial charge is 0.463 e. The molecular formula is C30H49N5O6Si2. The van der Waals surface area contributed by atoms with E-state index in [4.69, 9.17) is 23.7 Å². The highest BCUT2D eigenvalue weighted by Gasteiger charge is 2.61. The van der Waals surface area contributed by atoms with Crippen LogP contribution in [0.3, 0.4) is 0 Å². The number of nitrogens with one attached hydrogen (secondary N) is 3. The summed E-state index contributed by atoms with van der Waals surface area (Å²) in [6, 6.07) is 5.76. The first kappa shape index (κ1) is 34.8. The molecule has 3 rings (SSSR count). The van der Waals surface area contributed by atoms with Gasteiger partial charge in [0.05, 0.1) is 11.4 Å². The fourth-order valence-corrected chi connectivity index (χ4v) is 7.79. The standard InChI is InChI=1S/C30H49N5O6Si2/c1-8-12-25(36)35-29(33-20-32)22-15-16-24(34-22)30(19-31)28(41-43(5,6)7)27(40-42(2,3)4)23(39-30)18-38-26(37)17-21-13-10-9-11-14-21/h15-16,20-21,23,27-28,34H,8-14,17-18H2,1-7H3,(H2,32,33,35,36)/t23-,27?,28?,30+/m1/s1. The predicted molar refractivity (Wildman–Crippen MR) is 170 cm³/mol. The monoisotopic (exact) mass is 631 g/mol. The van der Waals surface area contributed by atoms with E-state index < -0.39 is 40.5 Å². The molecule has 1 aliphatic carbocycles. The van der Waals surface area contributed by atoms with Crippen LogP contribution in [0.15, 0.2) is 17.1 Å². The van der Waals surface area contributed by atoms with E-state index in [1.54, 1.807) is 12.1 Å². The van der Waals surface area contributed by atoms with Crippen LogP contribution in [0, 0.1) is 22.7 Å². The van der Waals surface area contributed by atoms with E-state index in [1.807, 2.05) is 26.6 Å². The van der Waals surface area contributed by atoms with Crippen molar-refractivity contribution in [2.75, 3.05) is 6.61 Å². The summed E-state index contributed by atoms with van der Waals surface area (Å²) in [5, 5.41) is 21.0. The van der Waals surface area contributed by atoms with Gasteiger partial charge in [-0.3, -0.25) is 15.0 Å². The number of hydrogen-bond acceptors (Lipinski definition) is 8. The molecule has 2 fully saturated rings. The highest BCUT2D eigenvalue weighted by Crippen LogP contribution is 2.44. The van der Waals surface area contributed by atoms with Gasteiger partial charge in [-0.25, -0.2) is 4.99 Å². The van der Waals surface area contributed by atoms with E-state index in [1.165, 1.54) is 6.42 Å². The zero-order valence-corrected chi connectivity index (χ0v) is 28.7. The molecule has 238 valence electrons. The number of aromatic nitrogens is 1. The maximum absolute atomic E-state index is 12.9. The number of aromatic amines is 1. The molecule has 2 aliphatic rings. The topological polar surface area (TPSA) is 159 Å². The summed E-state index contributed by atoms with van der Waals surface area (Å²) < 4.78 is 25.7. The minimum Gasteiger partial charge on any atom is -0.463 e. The first-order chi connectivity index (χ1) is 20.2. The number of carbonyl (C=O) groups is 2. The molecule has 1 aromatic heterocycles. The summed E-state index contributed by atoms with van der Waals surface area (Å²) >= 11 is 0. The third-order valence-electron chi connectivity index (χ3n) is 7.40. The van der Waals surface area contributed by atoms with Crippen LogP contribution in [-0.2, 0) is 33.5 Å². The van der Waals surface area contributed by atoms with Crippen LogP contribution in [-0.4, -0.2) is 70.6 Å². The van der Waals surface area contributed by atoms with Gasteiger partial charge in [-0.05, 0) is 76.6 Å². The molecule has 0 bridgehead atoms. The summed E-state index contributed by atoms with van der Waals surface area (Å²) in [6.45, 7) is 14.1. The lowest BCUT2D eigenvalue weighted by Gasteiger charge is -2.36. The number of nitrogens with zero attached hydrogens (tertiary/aromatic N) is 2. The lowest BCUT2D eigenvalue weighted by Crippen LogP contribution is -2.51. The highest BCUT2D eigenvalue weighted by molar-refractivity contribution is 6.70. The molecule has 2 heterocycles. The van der Waals surface area contributed by atoms with Gasteiger partial charge in [0.25, 0.3) is 0 Å². The molecule has 4 atom stereocenters. The molecule has 13 heteroatoms. The van der Waals surface area contributed by atoms with Crippen LogP contribution in [0.1, 0.15) is 69.7 Å². The zero-order valence-electron chi connectivity index (χ0n) is 26.7. The molecule has 1 saturated carbocycles. The van der Waals surface area contributed by atoms with Gasteiger partial charge in [-0.2, -0.15) is 5.26 Å². The van der Waals surface area contributed by atoms with Crippen LogP contribution in [0.25, 0.3) is 0 Å². The number of ether oxygens (including phenoxy) is 2. The van der Waals surface area contributed by atoms with Crippen molar-refractivity contribution in [3.63, 3.8) is 0 Å². The van der Waals surface area contributed by atoms with Crippen molar-refractivity contribution in [1.82, 2.24) is 10.3 Å². The SMILES string of the molecule is CCCC(=O)NC(=NC=N)c1ccc([C@]2(C#N)O[C@H](COC(=O)CC3CCCCC3)C(O[Si](C)(C)C)C2O[Si](C)(C)C)[nH]1. The first-order valence-electron chi connectivity index (χ1n) is 15.4. The average Bonchev–Trinajstić information content (AvgIpc) is 3.51. The molecule has 0 aromatic carbocycles. The zero-order chi connectivity index (χ0) is 31.8. The van der Waals surface area contributed by atoms with Crippen LogP contribution in [0.2, 0.25) is 39.3 Å². The fraction of sp³-hybridized carbons (Fsp3) is 0.700. The Kier molecular flexibility index (Phi) is 12.1. The molecule has 2 unspecified atom stereocenters. The Morgan fingerprint density at radius 2 is 1.84 bits per heavy atom. The molecule has 3 N–H and O–H groups in total. The van der Waals surface area contributed by atoms with Crippen LogP contribution < -0.4 is 5.32 Å². The Bertz CT molecular complexity index is 1190. The van der Waals surface area contributed by atoms with Crippen LogP contribution in [0.4, 0.5) is 0 Å². The van der Waals surface area contributed by atoms with Crippen molar-refractivity contribution in [3.05, 3.63) is 23.5 Å². The quantitative estimate of drug-likeness (QED) is 0.114. The summed E-state index contributed by atoms with van der Waals surface area (Å²) in [7, 11) is -4.46. The second-order valence-corrected chi connectivity index (χ2v) is 22.4. The molecule has 1 saturated heterocycles. The van der Waals surface area contributed by atoms with E-state index in [2.05, 4.69) is 41.0 Å². The molecule has 1 aromatic rings. The van der Waals surface area contributed by atoms with Gasteiger partial charge in [0.15, 0.2) is 22.5 Å². The van der Waals surface area contributed by atoms with Crippen molar-refractivity contribution in [2.45, 2.75) is 121 Å². The van der Waals surface area contributed by atoms with Gasteiger partial charge in [0.2, 0.25) is 11.5 Å². The van der Waals surface area contributed by atoms with Gasteiger partial charge in [0, 0.05) is 12.8 Å². The molecule has 0 spiro atoms. The Hall–Kier alpha value is -2.64. The fourth-order valence-electron chi connectivity index (χ4n) is 5.64. The van der Waals surface area contributed by atoms with E-state index in [0.717, 1.165) is 32.0 Å². The van der Waals surface area contributed by atoms with Crippen molar-refractivity contribution in [3.8, 4) is 6.07 Å². The Morgan fingerprint density at radius 1 is 1.16 bits per heavy atom. The maximum atomic E-state index is 12.9. The summed E-state index contributed by atoms with van der Waals surface area (Å²) in [5.41, 5.74) is -0.805. The maximum Gasteiger partial charge on any atom is 0.306 e. The number of amides is 1. The normalized spacial score (nSPS) is 25.3. The molecule has 1 aliphatic heterocycles. The number of nitriles is 1. The van der Waals surface area contributed by atoms with E-state index in [9.17, 15) is 14.9 Å². The molecule has 11 nitrogen and oxygen atoms in total. The van der Waals surface area contributed by atoms with E-state index >= 15 is 0 Å². The van der Waals surface area contributed by atoms with Crippen molar-refractivity contribution < 1.29 is 27.9 Å². The molecule has 0 radical (unpaired) electrons. The number of carbonyl (C=O) groups excluding carboxylic acids is 2. The summed E-state index contributed by atoms with van der Waals surface area (Å²) in [4.78, 5) is 32.4. The number of aliphatic imine (C=N–C) groups is 1. The van der Waals surface area contributed by atoms with E-state index in [-0.39, 0.29) is 24.3 Å². The summed E-state index contributed by atoms with van der Waals surface area (Å²) in [5.74, 6) is 0.00587. The smallest absolute Gasteiger partial charge is 0.306 e. The Balaban J connectivity index is 1.97. The number of rotatable bonds is 13. The first-order valence-corrected chi connectivity index (χ1v) is 22.2. The number of hydrogen-bond donors (Lipinski definition) is 3. The van der Waals surface area contributed by atoms with Crippen LogP contribution >= 0.6 is 0 Å². The second kappa shape index (κ2) is 14.9. The highest BCUT2D eigenvalue weighted by atomic mass is 28.4. The molecule has 1 amide bonds. The van der Waals surface area contributed by atoms with Crippen molar-refractivity contribution in [2.24, 2.45) is 10.9 Å². The summed E-state index contributed by atoms with van der Waals surface area (Å²) in [6.07, 6.45) is 5.55. The number of esters is 1. The second-order valence-electron chi connectivity index (χ2n) is 13.4. The Labute approximate surface area is 257 Å². The minimum absolute atomic E-state index is 0.0587. The van der Waals surface area contributed by atoms with Gasteiger partial charge in [-0.15, -0.1) is 0 Å². The van der Waals surface area contributed by atoms with Crippen molar-refractivity contribution in [1.29, 1.82) is 10.7 Å². The van der Waals surface area contributed by atoms with Crippen molar-refractivity contribution >= 4 is 40.7 Å². The van der Waals surface area contributed by atoms with Crippen LogP contribution in [0.5, 0.6) is 0 Å². The number of H-pyrrole nitrogens is 1. The third kappa shape index (κ3) is 9.68. The van der Waals surface area contributed by atoms with E-state index in [0.29, 0.717) is 36.6 Å². The minimum atomic E-state index is -2.27. The number of amidine groups is 1. The van der Waals surface area contributed by atoms with Gasteiger partial charge >= 0.3 is 5.97 Å². The van der Waals surface area contributed by atoms with Gasteiger partial charge in [-0.1, -0.05) is 26.2 Å². The average molecular weight is 632 g/mol. The third-order valence-corrected chi connectivity index (χ3v) is 9.34.